The number of benzene rings is 2. The Hall–Kier alpha value is -4.33. The first-order valence-corrected chi connectivity index (χ1v) is 11.7. The van der Waals surface area contributed by atoms with Crippen LogP contribution in [0.4, 0.5) is 0 Å². The number of carbonyl (C=O) groups excluding carboxylic acids is 2. The highest BCUT2D eigenvalue weighted by atomic mass is 16.2. The summed E-state index contributed by atoms with van der Waals surface area (Å²) in [6.07, 6.45) is 5.28. The van der Waals surface area contributed by atoms with Gasteiger partial charge in [-0.05, 0) is 42.0 Å². The van der Waals surface area contributed by atoms with Gasteiger partial charge in [0.1, 0.15) is 11.0 Å². The number of hydrogen-bond acceptors (Lipinski definition) is 5. The highest BCUT2D eigenvalue weighted by molar-refractivity contribution is 5.97. The van der Waals surface area contributed by atoms with Gasteiger partial charge in [0.05, 0.1) is 5.69 Å². The van der Waals surface area contributed by atoms with E-state index in [9.17, 15) is 9.59 Å². The predicted molar refractivity (Wildman–Crippen MR) is 132 cm³/mol. The third-order valence-corrected chi connectivity index (χ3v) is 6.94. The molecule has 2 aromatic carbocycles. The number of hydrogen-bond donors (Lipinski definition) is 1. The summed E-state index contributed by atoms with van der Waals surface area (Å²) in [6.45, 7) is 2.70. The monoisotopic (exact) mass is 464 g/mol. The maximum absolute atomic E-state index is 13.0. The second-order valence-electron chi connectivity index (χ2n) is 9.17. The molecule has 2 aliphatic heterocycles. The second kappa shape index (κ2) is 8.79. The third kappa shape index (κ3) is 4.19. The van der Waals surface area contributed by atoms with Gasteiger partial charge in [0.25, 0.3) is 5.91 Å². The van der Waals surface area contributed by atoms with Gasteiger partial charge in [-0.25, -0.2) is 0 Å². The topological polar surface area (TPSA) is 95.1 Å². The van der Waals surface area contributed by atoms with Crippen molar-refractivity contribution in [2.45, 2.75) is 0 Å². The zero-order valence-corrected chi connectivity index (χ0v) is 19.0. The lowest BCUT2D eigenvalue weighted by Gasteiger charge is -2.21. The van der Waals surface area contributed by atoms with E-state index in [2.05, 4.69) is 20.4 Å². The number of nitrogens with zero attached hydrogens (tertiary/aromatic N) is 5. The fourth-order valence-corrected chi connectivity index (χ4v) is 5.07. The fraction of sp³-hybridized carbons (Fsp3) is 0.222. The Kier molecular flexibility index (Phi) is 5.33. The van der Waals surface area contributed by atoms with Gasteiger partial charge in [0.2, 0.25) is 5.91 Å². The number of nitrogens with one attached hydrogen (secondary N) is 1. The molecule has 8 heteroatoms. The number of rotatable bonds is 4. The zero-order valence-electron chi connectivity index (χ0n) is 19.0. The van der Waals surface area contributed by atoms with Crippen LogP contribution in [0.15, 0.2) is 72.9 Å². The Labute approximate surface area is 202 Å². The minimum absolute atomic E-state index is 0.0104. The van der Waals surface area contributed by atoms with Crippen molar-refractivity contribution in [3.63, 3.8) is 0 Å². The maximum Gasteiger partial charge on any atom is 0.253 e. The SMILES string of the molecule is O=C(/C=C/c1ccc(-c2ccccn2)cc1)N1C[C@@H]2CN(C(=O)c3ccc4n[nH]nc4c3)C[C@H]2C1. The Balaban J connectivity index is 1.05. The van der Waals surface area contributed by atoms with E-state index in [4.69, 9.17) is 0 Å². The Bertz CT molecular complexity index is 1400. The summed E-state index contributed by atoms with van der Waals surface area (Å²) in [5.41, 5.74) is 4.99. The lowest BCUT2D eigenvalue weighted by atomic mass is 10.0. The number of likely N-dealkylation sites (tertiary alicyclic amines) is 2. The van der Waals surface area contributed by atoms with E-state index in [0.29, 0.717) is 49.1 Å². The van der Waals surface area contributed by atoms with E-state index in [1.165, 1.54) is 0 Å². The van der Waals surface area contributed by atoms with Crippen LogP contribution in [-0.4, -0.2) is 68.2 Å². The summed E-state index contributed by atoms with van der Waals surface area (Å²) in [5, 5.41) is 10.7. The first-order chi connectivity index (χ1) is 17.1. The molecule has 2 aliphatic rings. The van der Waals surface area contributed by atoms with Crippen LogP contribution in [0.2, 0.25) is 0 Å². The molecule has 0 bridgehead atoms. The first-order valence-electron chi connectivity index (χ1n) is 11.7. The summed E-state index contributed by atoms with van der Waals surface area (Å²) in [7, 11) is 0. The standard InChI is InChI=1S/C27H24N6O2/c34-26(11-6-18-4-7-19(8-5-18)23-3-1-2-12-28-23)32-14-21-16-33(17-22(21)15-32)27(35)20-9-10-24-25(13-20)30-31-29-24/h1-13,21-22H,14-17H2,(H,29,30,31)/b11-6+/t21-,22-/m1/s1. The van der Waals surface area contributed by atoms with Crippen LogP contribution in [0.5, 0.6) is 0 Å². The average molecular weight is 465 g/mol. The van der Waals surface area contributed by atoms with Gasteiger partial charge >= 0.3 is 0 Å². The summed E-state index contributed by atoms with van der Waals surface area (Å²) >= 11 is 0. The quantitative estimate of drug-likeness (QED) is 0.468. The molecule has 2 amide bonds. The van der Waals surface area contributed by atoms with Crippen LogP contribution in [0.1, 0.15) is 15.9 Å². The lowest BCUT2D eigenvalue weighted by Crippen LogP contribution is -2.35. The number of amides is 2. The van der Waals surface area contributed by atoms with Gasteiger partial charge in [-0.15, -0.1) is 0 Å². The van der Waals surface area contributed by atoms with E-state index in [1.807, 2.05) is 64.4 Å². The van der Waals surface area contributed by atoms with E-state index < -0.39 is 0 Å². The average Bonchev–Trinajstić information content (AvgIpc) is 3.62. The van der Waals surface area contributed by atoms with Crippen LogP contribution in [-0.2, 0) is 4.79 Å². The predicted octanol–water partition coefficient (Wildman–Crippen LogP) is 3.26. The molecule has 8 nitrogen and oxygen atoms in total. The number of aromatic nitrogens is 4. The van der Waals surface area contributed by atoms with E-state index in [1.54, 1.807) is 24.4 Å². The van der Waals surface area contributed by atoms with Gasteiger partial charge < -0.3 is 9.80 Å². The minimum Gasteiger partial charge on any atom is -0.338 e. The number of pyridine rings is 1. The van der Waals surface area contributed by atoms with Crippen molar-refractivity contribution in [1.82, 2.24) is 30.2 Å². The lowest BCUT2D eigenvalue weighted by molar-refractivity contribution is -0.125. The molecule has 0 aliphatic carbocycles. The number of carbonyl (C=O) groups is 2. The molecule has 4 aromatic rings. The van der Waals surface area contributed by atoms with E-state index in [-0.39, 0.29) is 11.8 Å². The molecule has 0 unspecified atom stereocenters. The highest BCUT2D eigenvalue weighted by Gasteiger charge is 2.42. The molecule has 0 spiro atoms. The summed E-state index contributed by atoms with van der Waals surface area (Å²) in [5.74, 6) is 0.647. The van der Waals surface area contributed by atoms with E-state index >= 15 is 0 Å². The van der Waals surface area contributed by atoms with Crippen molar-refractivity contribution >= 4 is 28.9 Å². The van der Waals surface area contributed by atoms with Crippen LogP contribution in [0.3, 0.4) is 0 Å². The molecule has 2 atom stereocenters. The molecule has 2 saturated heterocycles. The van der Waals surface area contributed by atoms with Crippen molar-refractivity contribution in [3.8, 4) is 11.3 Å². The van der Waals surface area contributed by atoms with Crippen LogP contribution in [0.25, 0.3) is 28.4 Å². The molecule has 6 rings (SSSR count). The van der Waals surface area contributed by atoms with Crippen LogP contribution >= 0.6 is 0 Å². The zero-order chi connectivity index (χ0) is 23.8. The third-order valence-electron chi connectivity index (χ3n) is 6.94. The van der Waals surface area contributed by atoms with Gasteiger partial charge in [0.15, 0.2) is 0 Å². The summed E-state index contributed by atoms with van der Waals surface area (Å²) < 4.78 is 0. The molecule has 1 N–H and O–H groups in total. The summed E-state index contributed by atoms with van der Waals surface area (Å²) in [4.78, 5) is 34.0. The normalized spacial score (nSPS) is 19.5. The highest BCUT2D eigenvalue weighted by Crippen LogP contribution is 2.32. The van der Waals surface area contributed by atoms with Crippen LogP contribution < -0.4 is 0 Å². The molecule has 174 valence electrons. The van der Waals surface area contributed by atoms with Crippen molar-refractivity contribution in [2.75, 3.05) is 26.2 Å². The Morgan fingerprint density at radius 2 is 1.60 bits per heavy atom. The minimum atomic E-state index is 0.0104. The van der Waals surface area contributed by atoms with Gasteiger partial charge in [0, 0.05) is 61.4 Å². The van der Waals surface area contributed by atoms with E-state index in [0.717, 1.165) is 22.3 Å². The van der Waals surface area contributed by atoms with Gasteiger partial charge in [-0.1, -0.05) is 30.3 Å². The van der Waals surface area contributed by atoms with Crippen molar-refractivity contribution in [3.05, 3.63) is 84.1 Å². The van der Waals surface area contributed by atoms with Gasteiger partial charge in [-0.3, -0.25) is 14.6 Å². The largest absolute Gasteiger partial charge is 0.338 e. The van der Waals surface area contributed by atoms with Crippen molar-refractivity contribution < 1.29 is 9.59 Å². The number of aromatic amines is 1. The molecular formula is C27H24N6O2. The van der Waals surface area contributed by atoms with Crippen molar-refractivity contribution in [1.29, 1.82) is 0 Å². The molecule has 0 radical (unpaired) electrons. The Morgan fingerprint density at radius 3 is 2.34 bits per heavy atom. The summed E-state index contributed by atoms with van der Waals surface area (Å²) in [6, 6.07) is 19.2. The smallest absolute Gasteiger partial charge is 0.253 e. The van der Waals surface area contributed by atoms with Crippen molar-refractivity contribution in [2.24, 2.45) is 11.8 Å². The molecule has 4 heterocycles. The molecule has 35 heavy (non-hydrogen) atoms. The molecule has 2 aromatic heterocycles. The second-order valence-corrected chi connectivity index (χ2v) is 9.17. The first kappa shape index (κ1) is 21.2. The number of fused-ring (bicyclic) bond motifs is 2. The fourth-order valence-electron chi connectivity index (χ4n) is 5.07. The van der Waals surface area contributed by atoms with Crippen LogP contribution in [0, 0.1) is 11.8 Å². The Morgan fingerprint density at radius 1 is 0.857 bits per heavy atom. The molecule has 0 saturated carbocycles. The van der Waals surface area contributed by atoms with Gasteiger partial charge in [-0.2, -0.15) is 15.4 Å². The molecule has 2 fully saturated rings. The maximum atomic E-state index is 13.0. The number of H-pyrrole nitrogens is 1. The molecular weight excluding hydrogens is 440 g/mol.